The van der Waals surface area contributed by atoms with E-state index in [4.69, 9.17) is 23.2 Å². The molecule has 0 radical (unpaired) electrons. The molecule has 0 bridgehead atoms. The first kappa shape index (κ1) is 22.1. The number of hydrogen-bond acceptors (Lipinski definition) is 9. The van der Waals surface area contributed by atoms with Crippen molar-refractivity contribution in [2.75, 3.05) is 29.7 Å². The molecule has 1 aromatic heterocycles. The van der Waals surface area contributed by atoms with Crippen LogP contribution in [-0.2, 0) is 0 Å². The number of anilines is 4. The average Bonchev–Trinajstić information content (AvgIpc) is 2.71. The molecule has 0 atom stereocenters. The zero-order valence-electron chi connectivity index (χ0n) is 16.2. The lowest BCUT2D eigenvalue weighted by Crippen LogP contribution is -2.15. The number of hydrazone groups is 1. The number of nitro groups is 1. The van der Waals surface area contributed by atoms with Gasteiger partial charge in [0.05, 0.1) is 16.2 Å². The van der Waals surface area contributed by atoms with Crippen LogP contribution in [0.3, 0.4) is 0 Å². The number of benzene rings is 2. The smallest absolute Gasteiger partial charge is 0.288 e. The van der Waals surface area contributed by atoms with E-state index in [2.05, 4.69) is 30.8 Å². The third kappa shape index (κ3) is 5.53. The summed E-state index contributed by atoms with van der Waals surface area (Å²) in [7, 11) is 3.49. The zero-order chi connectivity index (χ0) is 22.5. The SMILES string of the molecule is CN(C)c1nc(N/N=C/c2c(Cl)ccc([N+](=O)[O-])c2Cl)nc(Nc2ccc(F)cc2)n1. The van der Waals surface area contributed by atoms with Gasteiger partial charge >= 0.3 is 0 Å². The third-order valence-electron chi connectivity index (χ3n) is 3.79. The molecule has 13 heteroatoms. The van der Waals surface area contributed by atoms with Crippen LogP contribution in [0.25, 0.3) is 0 Å². The van der Waals surface area contributed by atoms with Crippen LogP contribution in [0.4, 0.5) is 33.6 Å². The minimum absolute atomic E-state index is 0.0808. The Kier molecular flexibility index (Phi) is 6.78. The van der Waals surface area contributed by atoms with Crippen molar-refractivity contribution < 1.29 is 9.31 Å². The van der Waals surface area contributed by atoms with Gasteiger partial charge in [-0.25, -0.2) is 9.82 Å². The molecule has 0 aliphatic carbocycles. The molecule has 31 heavy (non-hydrogen) atoms. The molecule has 3 rings (SSSR count). The summed E-state index contributed by atoms with van der Waals surface area (Å²) in [6.07, 6.45) is 1.23. The van der Waals surface area contributed by atoms with E-state index in [1.165, 1.54) is 42.6 Å². The van der Waals surface area contributed by atoms with Gasteiger partial charge in [0.1, 0.15) is 10.8 Å². The quantitative estimate of drug-likeness (QED) is 0.298. The number of nitrogens with one attached hydrogen (secondary N) is 2. The summed E-state index contributed by atoms with van der Waals surface area (Å²) < 4.78 is 13.1. The van der Waals surface area contributed by atoms with Gasteiger partial charge in [0.25, 0.3) is 5.69 Å². The molecule has 0 unspecified atom stereocenters. The Labute approximate surface area is 185 Å². The van der Waals surface area contributed by atoms with Crippen molar-refractivity contribution in [2.24, 2.45) is 5.10 Å². The summed E-state index contributed by atoms with van der Waals surface area (Å²) in [5, 5.41) is 18.0. The molecular formula is C18H15Cl2FN8O2. The van der Waals surface area contributed by atoms with E-state index >= 15 is 0 Å². The Morgan fingerprint density at radius 2 is 1.77 bits per heavy atom. The largest absolute Gasteiger partial charge is 0.347 e. The number of aromatic nitrogens is 3. The highest BCUT2D eigenvalue weighted by Gasteiger charge is 2.17. The number of halogens is 3. The van der Waals surface area contributed by atoms with Gasteiger partial charge < -0.3 is 10.2 Å². The minimum Gasteiger partial charge on any atom is -0.347 e. The number of rotatable bonds is 7. The van der Waals surface area contributed by atoms with E-state index in [1.54, 1.807) is 19.0 Å². The zero-order valence-corrected chi connectivity index (χ0v) is 17.7. The molecule has 0 amide bonds. The van der Waals surface area contributed by atoms with E-state index in [-0.39, 0.29) is 39.0 Å². The molecule has 3 aromatic rings. The third-order valence-corrected chi connectivity index (χ3v) is 4.51. The fraction of sp³-hybridized carbons (Fsp3) is 0.111. The number of hydrogen-bond donors (Lipinski definition) is 2. The second-order valence-electron chi connectivity index (χ2n) is 6.23. The Bertz CT molecular complexity index is 1140. The van der Waals surface area contributed by atoms with Crippen LogP contribution in [0.1, 0.15) is 5.56 Å². The van der Waals surface area contributed by atoms with Crippen LogP contribution in [0.5, 0.6) is 0 Å². The van der Waals surface area contributed by atoms with Gasteiger partial charge in [-0.05, 0) is 30.3 Å². The first-order chi connectivity index (χ1) is 14.7. The Balaban J connectivity index is 1.86. The Hall–Kier alpha value is -3.57. The fourth-order valence-electron chi connectivity index (χ4n) is 2.30. The lowest BCUT2D eigenvalue weighted by Gasteiger charge is -2.13. The monoisotopic (exact) mass is 464 g/mol. The van der Waals surface area contributed by atoms with Crippen LogP contribution < -0.4 is 15.6 Å². The molecule has 2 N–H and O–H groups in total. The maximum Gasteiger partial charge on any atom is 0.288 e. The van der Waals surface area contributed by atoms with Crippen LogP contribution in [-0.4, -0.2) is 40.2 Å². The Morgan fingerprint density at radius 1 is 1.10 bits per heavy atom. The Morgan fingerprint density at radius 3 is 2.42 bits per heavy atom. The maximum atomic E-state index is 13.1. The molecule has 0 spiro atoms. The molecule has 0 saturated heterocycles. The van der Waals surface area contributed by atoms with E-state index in [0.717, 1.165) is 0 Å². The van der Waals surface area contributed by atoms with Gasteiger partial charge in [-0.2, -0.15) is 20.1 Å². The summed E-state index contributed by atoms with van der Waals surface area (Å²) in [4.78, 5) is 24.8. The van der Waals surface area contributed by atoms with Gasteiger partial charge in [0, 0.05) is 31.4 Å². The lowest BCUT2D eigenvalue weighted by atomic mass is 10.2. The topological polar surface area (TPSA) is 121 Å². The van der Waals surface area contributed by atoms with Gasteiger partial charge in [-0.3, -0.25) is 10.1 Å². The van der Waals surface area contributed by atoms with E-state index < -0.39 is 4.92 Å². The summed E-state index contributed by atoms with van der Waals surface area (Å²) in [5.74, 6) is 0.223. The standard InChI is InChI=1S/C18H15Cl2FN8O2/c1-28(2)18-25-16(23-11-5-3-10(21)4-6-11)24-17(26-18)27-22-9-12-13(19)7-8-14(15(12)20)29(30)31/h3-9H,1-2H3,(H2,23,24,25,26,27)/b22-9+. The predicted octanol–water partition coefficient (Wildman–Crippen LogP) is 4.48. The van der Waals surface area contributed by atoms with E-state index in [1.807, 2.05) is 0 Å². The number of nitrogens with zero attached hydrogens (tertiary/aromatic N) is 6. The molecule has 1 heterocycles. The van der Waals surface area contributed by atoms with Crippen molar-refractivity contribution in [3.8, 4) is 0 Å². The van der Waals surface area contributed by atoms with Crippen molar-refractivity contribution >= 4 is 58.6 Å². The number of nitro benzene ring substituents is 1. The van der Waals surface area contributed by atoms with Crippen molar-refractivity contribution in [1.82, 2.24) is 15.0 Å². The normalized spacial score (nSPS) is 10.9. The maximum absolute atomic E-state index is 13.1. The van der Waals surface area contributed by atoms with Crippen LogP contribution in [0.15, 0.2) is 41.5 Å². The van der Waals surface area contributed by atoms with Gasteiger partial charge in [0.2, 0.25) is 17.8 Å². The fourth-order valence-corrected chi connectivity index (χ4v) is 2.84. The molecule has 10 nitrogen and oxygen atoms in total. The van der Waals surface area contributed by atoms with E-state index in [0.29, 0.717) is 11.6 Å². The first-order valence-electron chi connectivity index (χ1n) is 8.62. The molecule has 0 aliphatic heterocycles. The lowest BCUT2D eigenvalue weighted by molar-refractivity contribution is -0.384. The summed E-state index contributed by atoms with van der Waals surface area (Å²) in [6.45, 7) is 0. The van der Waals surface area contributed by atoms with Crippen LogP contribution in [0.2, 0.25) is 10.0 Å². The summed E-state index contributed by atoms with van der Waals surface area (Å²) in [5.41, 5.74) is 3.06. The van der Waals surface area contributed by atoms with Crippen molar-refractivity contribution in [3.05, 3.63) is 67.9 Å². The molecule has 0 saturated carbocycles. The molecular weight excluding hydrogens is 450 g/mol. The first-order valence-corrected chi connectivity index (χ1v) is 9.37. The molecule has 0 fully saturated rings. The molecule has 160 valence electrons. The second kappa shape index (κ2) is 9.49. The molecule has 0 aliphatic rings. The van der Waals surface area contributed by atoms with Gasteiger partial charge in [-0.15, -0.1) is 0 Å². The summed E-state index contributed by atoms with van der Waals surface area (Å²) >= 11 is 12.1. The summed E-state index contributed by atoms with van der Waals surface area (Å²) in [6, 6.07) is 8.22. The highest BCUT2D eigenvalue weighted by molar-refractivity contribution is 6.40. The van der Waals surface area contributed by atoms with Crippen molar-refractivity contribution in [1.29, 1.82) is 0 Å². The highest BCUT2D eigenvalue weighted by atomic mass is 35.5. The molecule has 2 aromatic carbocycles. The van der Waals surface area contributed by atoms with Crippen molar-refractivity contribution in [3.63, 3.8) is 0 Å². The minimum atomic E-state index is -0.619. The average molecular weight is 465 g/mol. The van der Waals surface area contributed by atoms with E-state index in [9.17, 15) is 14.5 Å². The van der Waals surface area contributed by atoms with Gasteiger partial charge in [0.15, 0.2) is 0 Å². The highest BCUT2D eigenvalue weighted by Crippen LogP contribution is 2.31. The second-order valence-corrected chi connectivity index (χ2v) is 7.02. The van der Waals surface area contributed by atoms with Crippen LogP contribution in [0, 0.1) is 15.9 Å². The van der Waals surface area contributed by atoms with Gasteiger partial charge in [-0.1, -0.05) is 23.2 Å². The predicted molar refractivity (Wildman–Crippen MR) is 118 cm³/mol. The van der Waals surface area contributed by atoms with Crippen LogP contribution >= 0.6 is 23.2 Å². The van der Waals surface area contributed by atoms with Crippen molar-refractivity contribution in [2.45, 2.75) is 0 Å².